The summed E-state index contributed by atoms with van der Waals surface area (Å²) in [6.07, 6.45) is 3.30. The van der Waals surface area contributed by atoms with Gasteiger partial charge in [0.15, 0.2) is 0 Å². The summed E-state index contributed by atoms with van der Waals surface area (Å²) >= 11 is 0. The van der Waals surface area contributed by atoms with E-state index < -0.39 is 0 Å². The van der Waals surface area contributed by atoms with Crippen LogP contribution < -0.4 is 10.6 Å². The second-order valence-corrected chi connectivity index (χ2v) is 3.67. The van der Waals surface area contributed by atoms with E-state index in [2.05, 4.69) is 4.98 Å². The molecule has 80 valence electrons. The number of aromatic nitrogens is 1. The number of amides is 1. The number of nitrogens with two attached hydrogens (primary N) is 1. The van der Waals surface area contributed by atoms with E-state index in [0.717, 1.165) is 18.8 Å². The number of piperazine rings is 1. The molecular weight excluding hydrogens is 192 g/mol. The first kappa shape index (κ1) is 9.76. The maximum Gasteiger partial charge on any atom is 0.241 e. The van der Waals surface area contributed by atoms with Gasteiger partial charge < -0.3 is 15.5 Å². The van der Waals surface area contributed by atoms with E-state index in [4.69, 9.17) is 5.73 Å². The highest BCUT2D eigenvalue weighted by Gasteiger charge is 2.22. The highest BCUT2D eigenvalue weighted by molar-refractivity contribution is 5.84. The number of likely N-dealkylation sites (N-methyl/N-ethyl adjacent to an activating group) is 1. The van der Waals surface area contributed by atoms with Gasteiger partial charge >= 0.3 is 0 Å². The number of nitrogen functional groups attached to an aromatic ring is 1. The van der Waals surface area contributed by atoms with Crippen LogP contribution in [-0.4, -0.2) is 42.5 Å². The van der Waals surface area contributed by atoms with Crippen molar-refractivity contribution in [2.24, 2.45) is 0 Å². The average Bonchev–Trinajstić information content (AvgIpc) is 2.23. The zero-order chi connectivity index (χ0) is 10.8. The van der Waals surface area contributed by atoms with Gasteiger partial charge in [-0.2, -0.15) is 0 Å². The molecule has 0 aliphatic carbocycles. The Morgan fingerprint density at radius 3 is 2.93 bits per heavy atom. The summed E-state index contributed by atoms with van der Waals surface area (Å²) in [6, 6.07) is 1.84. The molecule has 1 saturated heterocycles. The topological polar surface area (TPSA) is 62.5 Å². The van der Waals surface area contributed by atoms with E-state index in [0.29, 0.717) is 12.2 Å². The van der Waals surface area contributed by atoms with Crippen LogP contribution in [0.25, 0.3) is 0 Å². The Bertz CT molecular complexity index is 379. The quantitative estimate of drug-likeness (QED) is 0.699. The number of carbonyl (C=O) groups is 1. The van der Waals surface area contributed by atoms with Crippen molar-refractivity contribution in [3.05, 3.63) is 18.5 Å². The molecule has 2 heterocycles. The molecule has 5 nitrogen and oxygen atoms in total. The van der Waals surface area contributed by atoms with E-state index in [-0.39, 0.29) is 5.91 Å². The first-order valence-corrected chi connectivity index (χ1v) is 4.87. The van der Waals surface area contributed by atoms with E-state index in [1.165, 1.54) is 0 Å². The number of nitrogens with zero attached hydrogens (tertiary/aromatic N) is 3. The van der Waals surface area contributed by atoms with Crippen LogP contribution in [0, 0.1) is 0 Å². The lowest BCUT2D eigenvalue weighted by Gasteiger charge is -2.33. The minimum Gasteiger partial charge on any atom is -0.396 e. The molecule has 1 aliphatic rings. The smallest absolute Gasteiger partial charge is 0.241 e. The van der Waals surface area contributed by atoms with E-state index in [1.54, 1.807) is 17.3 Å². The van der Waals surface area contributed by atoms with Gasteiger partial charge in [-0.05, 0) is 6.07 Å². The molecule has 1 aromatic rings. The number of pyridine rings is 1. The lowest BCUT2D eigenvalue weighted by Crippen LogP contribution is -2.48. The Morgan fingerprint density at radius 2 is 2.27 bits per heavy atom. The Hall–Kier alpha value is -1.78. The summed E-state index contributed by atoms with van der Waals surface area (Å²) in [7, 11) is 1.82. The lowest BCUT2D eigenvalue weighted by molar-refractivity contribution is -0.129. The van der Waals surface area contributed by atoms with Crippen LogP contribution in [0.15, 0.2) is 18.5 Å². The fourth-order valence-corrected chi connectivity index (χ4v) is 1.65. The molecule has 1 aromatic heterocycles. The number of anilines is 2. The second-order valence-electron chi connectivity index (χ2n) is 3.67. The zero-order valence-corrected chi connectivity index (χ0v) is 8.68. The summed E-state index contributed by atoms with van der Waals surface area (Å²) in [5.41, 5.74) is 7.32. The van der Waals surface area contributed by atoms with Crippen molar-refractivity contribution >= 4 is 17.3 Å². The molecule has 0 atom stereocenters. The largest absolute Gasteiger partial charge is 0.396 e. The van der Waals surface area contributed by atoms with Crippen molar-refractivity contribution in [2.75, 3.05) is 37.3 Å². The molecule has 0 bridgehead atoms. The summed E-state index contributed by atoms with van der Waals surface area (Å²) in [4.78, 5) is 19.2. The first-order chi connectivity index (χ1) is 7.18. The fourth-order valence-electron chi connectivity index (χ4n) is 1.65. The molecule has 1 fully saturated rings. The van der Waals surface area contributed by atoms with Crippen molar-refractivity contribution in [1.29, 1.82) is 0 Å². The summed E-state index contributed by atoms with van der Waals surface area (Å²) in [5, 5.41) is 0. The molecule has 0 aromatic carbocycles. The fraction of sp³-hybridized carbons (Fsp3) is 0.400. The Morgan fingerprint density at radius 1 is 1.47 bits per heavy atom. The predicted octanol–water partition coefficient (Wildman–Crippen LogP) is -0.0578. The van der Waals surface area contributed by atoms with Gasteiger partial charge in [0, 0.05) is 26.3 Å². The Balaban J connectivity index is 2.19. The Kier molecular flexibility index (Phi) is 2.45. The minimum atomic E-state index is 0.123. The van der Waals surface area contributed by atoms with Crippen LogP contribution in [0.2, 0.25) is 0 Å². The second kappa shape index (κ2) is 3.76. The minimum absolute atomic E-state index is 0.123. The third-order valence-electron chi connectivity index (χ3n) is 2.63. The van der Waals surface area contributed by atoms with Crippen LogP contribution >= 0.6 is 0 Å². The third-order valence-corrected chi connectivity index (χ3v) is 2.63. The summed E-state index contributed by atoms with van der Waals surface area (Å²) in [6.45, 7) is 1.95. The van der Waals surface area contributed by atoms with E-state index in [9.17, 15) is 4.79 Å². The van der Waals surface area contributed by atoms with E-state index in [1.807, 2.05) is 18.0 Å². The SMILES string of the molecule is CN1CCN(c2ccncc2N)CC1=O. The van der Waals surface area contributed by atoms with E-state index >= 15 is 0 Å². The highest BCUT2D eigenvalue weighted by atomic mass is 16.2. The van der Waals surface area contributed by atoms with Crippen LogP contribution in [0.3, 0.4) is 0 Å². The number of rotatable bonds is 1. The first-order valence-electron chi connectivity index (χ1n) is 4.87. The molecule has 2 N–H and O–H groups in total. The maximum atomic E-state index is 11.5. The van der Waals surface area contributed by atoms with Crippen LogP contribution in [0.1, 0.15) is 0 Å². The van der Waals surface area contributed by atoms with Gasteiger partial charge in [-0.1, -0.05) is 0 Å². The molecule has 15 heavy (non-hydrogen) atoms. The molecular formula is C10H14N4O. The van der Waals surface area contributed by atoms with Gasteiger partial charge in [0.25, 0.3) is 0 Å². The van der Waals surface area contributed by atoms with Gasteiger partial charge in [-0.15, -0.1) is 0 Å². The lowest BCUT2D eigenvalue weighted by atomic mass is 10.2. The molecule has 1 aliphatic heterocycles. The molecule has 2 rings (SSSR count). The van der Waals surface area contributed by atoms with Crippen molar-refractivity contribution < 1.29 is 4.79 Å². The summed E-state index contributed by atoms with van der Waals surface area (Å²) < 4.78 is 0. The van der Waals surface area contributed by atoms with Crippen LogP contribution in [0.4, 0.5) is 11.4 Å². The number of hydrogen-bond acceptors (Lipinski definition) is 4. The van der Waals surface area contributed by atoms with Crippen molar-refractivity contribution in [2.45, 2.75) is 0 Å². The van der Waals surface area contributed by atoms with Gasteiger partial charge in [0.1, 0.15) is 0 Å². The van der Waals surface area contributed by atoms with Gasteiger partial charge in [-0.3, -0.25) is 9.78 Å². The van der Waals surface area contributed by atoms with Crippen molar-refractivity contribution in [1.82, 2.24) is 9.88 Å². The normalized spacial score (nSPS) is 17.0. The highest BCUT2D eigenvalue weighted by Crippen LogP contribution is 2.22. The molecule has 0 radical (unpaired) electrons. The standard InChI is InChI=1S/C10H14N4O/c1-13-4-5-14(7-10(13)15)9-2-3-12-6-8(9)11/h2-3,6H,4-5,7,11H2,1H3. The molecule has 0 spiro atoms. The van der Waals surface area contributed by atoms with Crippen molar-refractivity contribution in [3.63, 3.8) is 0 Å². The van der Waals surface area contributed by atoms with Gasteiger partial charge in [0.05, 0.1) is 24.1 Å². The third kappa shape index (κ3) is 1.86. The Labute approximate surface area is 88.5 Å². The molecule has 1 amide bonds. The van der Waals surface area contributed by atoms with Crippen LogP contribution in [-0.2, 0) is 4.79 Å². The maximum absolute atomic E-state index is 11.5. The molecule has 0 unspecified atom stereocenters. The predicted molar refractivity (Wildman–Crippen MR) is 58.5 cm³/mol. The number of hydrogen-bond donors (Lipinski definition) is 1. The number of carbonyl (C=O) groups excluding carboxylic acids is 1. The van der Waals surface area contributed by atoms with Gasteiger partial charge in [0.2, 0.25) is 5.91 Å². The van der Waals surface area contributed by atoms with Crippen molar-refractivity contribution in [3.8, 4) is 0 Å². The monoisotopic (exact) mass is 206 g/mol. The molecule has 5 heteroatoms. The van der Waals surface area contributed by atoms with Gasteiger partial charge in [-0.25, -0.2) is 0 Å². The zero-order valence-electron chi connectivity index (χ0n) is 8.68. The average molecular weight is 206 g/mol. The summed E-state index contributed by atoms with van der Waals surface area (Å²) in [5.74, 6) is 0.123. The van der Waals surface area contributed by atoms with Crippen LogP contribution in [0.5, 0.6) is 0 Å². The molecule has 0 saturated carbocycles.